The number of ether oxygens (including phenoxy) is 1. The van der Waals surface area contributed by atoms with Crippen LogP contribution in [0.15, 0.2) is 18.3 Å². The Morgan fingerprint density at radius 1 is 1.33 bits per heavy atom. The summed E-state index contributed by atoms with van der Waals surface area (Å²) >= 11 is 0. The van der Waals surface area contributed by atoms with Crippen molar-refractivity contribution >= 4 is 11.8 Å². The minimum Gasteiger partial charge on any atom is -0.475 e. The Morgan fingerprint density at radius 2 is 2.00 bits per heavy atom. The Bertz CT molecular complexity index is 505. The first-order chi connectivity index (χ1) is 9.97. The molecule has 21 heavy (non-hydrogen) atoms. The molecule has 2 rings (SSSR count). The van der Waals surface area contributed by atoms with Crippen molar-refractivity contribution in [2.45, 2.75) is 32.8 Å². The first kappa shape index (κ1) is 15.3. The average Bonchev–Trinajstić information content (AvgIpc) is 2.47. The molecule has 0 atom stereocenters. The van der Waals surface area contributed by atoms with Gasteiger partial charge in [-0.05, 0) is 32.8 Å². The summed E-state index contributed by atoms with van der Waals surface area (Å²) in [6.07, 6.45) is 2.83. The van der Waals surface area contributed by atoms with Gasteiger partial charge in [-0.1, -0.05) is 0 Å². The third-order valence-electron chi connectivity index (χ3n) is 3.52. The summed E-state index contributed by atoms with van der Waals surface area (Å²) in [6, 6.07) is 3.41. The summed E-state index contributed by atoms with van der Waals surface area (Å²) in [6.45, 7) is 4.95. The molecule has 0 unspecified atom stereocenters. The van der Waals surface area contributed by atoms with E-state index in [1.807, 2.05) is 13.8 Å². The molecule has 2 heterocycles. The molecule has 0 bridgehead atoms. The highest BCUT2D eigenvalue weighted by Crippen LogP contribution is 2.19. The van der Waals surface area contributed by atoms with Gasteiger partial charge >= 0.3 is 0 Å². The lowest BCUT2D eigenvalue weighted by molar-refractivity contribution is -0.123. The van der Waals surface area contributed by atoms with E-state index in [4.69, 9.17) is 10.5 Å². The zero-order valence-electron chi connectivity index (χ0n) is 12.4. The Balaban J connectivity index is 1.96. The second-order valence-electron chi connectivity index (χ2n) is 5.52. The van der Waals surface area contributed by atoms with Crippen LogP contribution in [0, 0.1) is 5.92 Å². The number of hydrogen-bond acceptors (Lipinski definition) is 4. The summed E-state index contributed by atoms with van der Waals surface area (Å²) in [5, 5.41) is 0. The molecule has 1 aromatic rings. The number of hydrogen-bond donors (Lipinski definition) is 1. The van der Waals surface area contributed by atoms with Gasteiger partial charge in [0.25, 0.3) is 5.91 Å². The number of carbonyl (C=O) groups is 2. The summed E-state index contributed by atoms with van der Waals surface area (Å²) in [5.41, 5.74) is 5.82. The third kappa shape index (κ3) is 3.93. The Morgan fingerprint density at radius 3 is 2.48 bits per heavy atom. The number of likely N-dealkylation sites (tertiary alicyclic amines) is 1. The van der Waals surface area contributed by atoms with Gasteiger partial charge in [-0.25, -0.2) is 4.98 Å². The lowest BCUT2D eigenvalue weighted by Gasteiger charge is -2.30. The number of piperidine rings is 1. The number of primary amides is 1. The van der Waals surface area contributed by atoms with Crippen LogP contribution in [0.2, 0.25) is 0 Å². The molecule has 1 saturated heterocycles. The molecule has 6 nitrogen and oxygen atoms in total. The van der Waals surface area contributed by atoms with Gasteiger partial charge < -0.3 is 15.4 Å². The number of amides is 2. The van der Waals surface area contributed by atoms with Crippen molar-refractivity contribution in [2.75, 3.05) is 13.1 Å². The summed E-state index contributed by atoms with van der Waals surface area (Å²) in [5.74, 6) is 0.0449. The van der Waals surface area contributed by atoms with Gasteiger partial charge in [0.15, 0.2) is 0 Å². The zero-order chi connectivity index (χ0) is 15.4. The van der Waals surface area contributed by atoms with Crippen molar-refractivity contribution in [2.24, 2.45) is 11.7 Å². The number of nitrogens with two attached hydrogens (primary N) is 1. The van der Waals surface area contributed by atoms with Crippen LogP contribution in [-0.2, 0) is 4.79 Å². The van der Waals surface area contributed by atoms with Gasteiger partial charge in [0, 0.05) is 31.3 Å². The average molecular weight is 291 g/mol. The minimum atomic E-state index is -0.279. The molecule has 0 saturated carbocycles. The van der Waals surface area contributed by atoms with Crippen LogP contribution < -0.4 is 10.5 Å². The first-order valence-corrected chi connectivity index (χ1v) is 7.18. The largest absolute Gasteiger partial charge is 0.475 e. The summed E-state index contributed by atoms with van der Waals surface area (Å²) < 4.78 is 5.45. The van der Waals surface area contributed by atoms with Crippen LogP contribution in [0.1, 0.15) is 37.0 Å². The van der Waals surface area contributed by atoms with Gasteiger partial charge in [-0.3, -0.25) is 9.59 Å². The van der Waals surface area contributed by atoms with Crippen molar-refractivity contribution in [3.8, 4) is 5.88 Å². The predicted molar refractivity (Wildman–Crippen MR) is 77.8 cm³/mol. The maximum Gasteiger partial charge on any atom is 0.255 e. The van der Waals surface area contributed by atoms with Crippen molar-refractivity contribution in [3.63, 3.8) is 0 Å². The molecular weight excluding hydrogens is 270 g/mol. The van der Waals surface area contributed by atoms with E-state index >= 15 is 0 Å². The van der Waals surface area contributed by atoms with E-state index in [2.05, 4.69) is 4.98 Å². The molecule has 2 amide bonds. The smallest absolute Gasteiger partial charge is 0.255 e. The second-order valence-corrected chi connectivity index (χ2v) is 5.52. The van der Waals surface area contributed by atoms with Gasteiger partial charge in [0.05, 0.1) is 11.7 Å². The molecule has 0 radical (unpaired) electrons. The highest BCUT2D eigenvalue weighted by atomic mass is 16.5. The Kier molecular flexibility index (Phi) is 4.77. The highest BCUT2D eigenvalue weighted by Gasteiger charge is 2.26. The molecule has 6 heteroatoms. The number of carbonyl (C=O) groups excluding carboxylic acids is 2. The van der Waals surface area contributed by atoms with Crippen molar-refractivity contribution in [1.29, 1.82) is 0 Å². The maximum absolute atomic E-state index is 12.3. The van der Waals surface area contributed by atoms with Crippen LogP contribution in [0.25, 0.3) is 0 Å². The fourth-order valence-corrected chi connectivity index (χ4v) is 2.37. The van der Waals surface area contributed by atoms with Gasteiger partial charge in [-0.2, -0.15) is 0 Å². The van der Waals surface area contributed by atoms with E-state index in [0.29, 0.717) is 37.4 Å². The van der Waals surface area contributed by atoms with Gasteiger partial charge in [0.2, 0.25) is 11.8 Å². The molecule has 1 aliphatic heterocycles. The van der Waals surface area contributed by atoms with E-state index in [0.717, 1.165) is 0 Å². The monoisotopic (exact) mass is 291 g/mol. The number of aromatic nitrogens is 1. The van der Waals surface area contributed by atoms with Crippen molar-refractivity contribution in [3.05, 3.63) is 23.9 Å². The van der Waals surface area contributed by atoms with E-state index in [1.165, 1.54) is 6.20 Å². The molecule has 0 aromatic carbocycles. The predicted octanol–water partition coefficient (Wildman–Crippen LogP) is 1.21. The molecule has 0 aliphatic carbocycles. The van der Waals surface area contributed by atoms with Crippen LogP contribution in [0.5, 0.6) is 5.88 Å². The van der Waals surface area contributed by atoms with Gasteiger partial charge in [0.1, 0.15) is 0 Å². The molecule has 0 spiro atoms. The standard InChI is InChI=1S/C15H21N3O3/c1-10(2)21-13-4-3-12(9-17-13)15(20)18-7-5-11(6-8-18)14(16)19/h3-4,9-11H,5-8H2,1-2H3,(H2,16,19). The Labute approximate surface area is 124 Å². The number of nitrogens with zero attached hydrogens (tertiary/aromatic N) is 2. The fourth-order valence-electron chi connectivity index (χ4n) is 2.37. The van der Waals surface area contributed by atoms with Crippen molar-refractivity contribution in [1.82, 2.24) is 9.88 Å². The number of pyridine rings is 1. The maximum atomic E-state index is 12.3. The molecule has 1 aromatic heterocycles. The van der Waals surface area contributed by atoms with Crippen LogP contribution >= 0.6 is 0 Å². The molecule has 1 aliphatic rings. The quantitative estimate of drug-likeness (QED) is 0.903. The van der Waals surface area contributed by atoms with Crippen molar-refractivity contribution < 1.29 is 14.3 Å². The zero-order valence-corrected chi connectivity index (χ0v) is 12.4. The van der Waals surface area contributed by atoms with E-state index in [1.54, 1.807) is 17.0 Å². The minimum absolute atomic E-state index is 0.0480. The molecule has 114 valence electrons. The molecular formula is C15H21N3O3. The Hall–Kier alpha value is -2.11. The van der Waals surface area contributed by atoms with E-state index in [-0.39, 0.29) is 23.8 Å². The lowest BCUT2D eigenvalue weighted by atomic mass is 9.96. The summed E-state index contributed by atoms with van der Waals surface area (Å²) in [7, 11) is 0. The molecule has 2 N–H and O–H groups in total. The normalized spacial score (nSPS) is 16.0. The van der Waals surface area contributed by atoms with Crippen LogP contribution in [-0.4, -0.2) is 40.9 Å². The SMILES string of the molecule is CC(C)Oc1ccc(C(=O)N2CCC(C(N)=O)CC2)cn1. The molecule has 1 fully saturated rings. The topological polar surface area (TPSA) is 85.5 Å². The summed E-state index contributed by atoms with van der Waals surface area (Å²) in [4.78, 5) is 29.3. The van der Waals surface area contributed by atoms with E-state index in [9.17, 15) is 9.59 Å². The number of rotatable bonds is 4. The van der Waals surface area contributed by atoms with Crippen LogP contribution in [0.3, 0.4) is 0 Å². The van der Waals surface area contributed by atoms with Gasteiger partial charge in [-0.15, -0.1) is 0 Å². The first-order valence-electron chi connectivity index (χ1n) is 7.18. The fraction of sp³-hybridized carbons (Fsp3) is 0.533. The van der Waals surface area contributed by atoms with E-state index < -0.39 is 0 Å². The van der Waals surface area contributed by atoms with Crippen LogP contribution in [0.4, 0.5) is 0 Å². The third-order valence-corrected chi connectivity index (χ3v) is 3.52. The second kappa shape index (κ2) is 6.56. The highest BCUT2D eigenvalue weighted by molar-refractivity contribution is 5.94. The lowest BCUT2D eigenvalue weighted by Crippen LogP contribution is -2.41.